The quantitative estimate of drug-likeness (QED) is 0.614. The molecule has 25 heavy (non-hydrogen) atoms. The zero-order chi connectivity index (χ0) is 17.2. The molecule has 130 valence electrons. The Morgan fingerprint density at radius 1 is 1.28 bits per heavy atom. The molecule has 4 rings (SSSR count). The molecule has 0 spiro atoms. The second-order valence-electron chi connectivity index (χ2n) is 6.07. The van der Waals surface area contributed by atoms with Gasteiger partial charge in [-0.25, -0.2) is 9.97 Å². The van der Waals surface area contributed by atoms with Crippen molar-refractivity contribution in [1.82, 2.24) is 19.4 Å². The zero-order valence-corrected chi connectivity index (χ0v) is 16.7. The number of hydrogen-bond donors (Lipinski definition) is 0. The monoisotopic (exact) mass is 436 g/mol. The fourth-order valence-electron chi connectivity index (χ4n) is 3.09. The Labute approximate surface area is 162 Å². The van der Waals surface area contributed by atoms with E-state index in [1.165, 1.54) is 0 Å². The van der Waals surface area contributed by atoms with Gasteiger partial charge in [-0.15, -0.1) is 22.7 Å². The van der Waals surface area contributed by atoms with Crippen molar-refractivity contribution in [2.24, 2.45) is 0 Å². The summed E-state index contributed by atoms with van der Waals surface area (Å²) >= 11 is 6.73. The molecule has 0 radical (unpaired) electrons. The smallest absolute Gasteiger partial charge is 0.228 e. The number of likely N-dealkylation sites (tertiary alicyclic amines) is 1. The molecule has 0 atom stereocenters. The number of thiophene rings is 1. The molecule has 0 saturated carbocycles. The average Bonchev–Trinajstić information content (AvgIpc) is 3.36. The van der Waals surface area contributed by atoms with Crippen molar-refractivity contribution >= 4 is 44.5 Å². The van der Waals surface area contributed by atoms with Gasteiger partial charge in [0, 0.05) is 46.8 Å². The lowest BCUT2D eigenvalue weighted by atomic mass is 10.0. The summed E-state index contributed by atoms with van der Waals surface area (Å²) in [6, 6.07) is 2.52. The average molecular weight is 437 g/mol. The van der Waals surface area contributed by atoms with Crippen molar-refractivity contribution in [2.75, 3.05) is 13.1 Å². The van der Waals surface area contributed by atoms with Gasteiger partial charge in [-0.1, -0.05) is 0 Å². The lowest BCUT2D eigenvalue weighted by molar-refractivity contribution is -0.131. The van der Waals surface area contributed by atoms with Gasteiger partial charge in [0.05, 0.1) is 23.3 Å². The van der Waals surface area contributed by atoms with Crippen molar-refractivity contribution in [2.45, 2.75) is 25.3 Å². The molecule has 1 amide bonds. The Kier molecular flexibility index (Phi) is 5.00. The third-order valence-corrected chi connectivity index (χ3v) is 7.18. The van der Waals surface area contributed by atoms with Gasteiger partial charge in [0.15, 0.2) is 0 Å². The molecule has 0 aromatic carbocycles. The molecule has 5 nitrogen and oxygen atoms in total. The molecule has 0 aliphatic carbocycles. The number of nitrogens with zero attached hydrogens (tertiary/aromatic N) is 4. The summed E-state index contributed by atoms with van der Waals surface area (Å²) < 4.78 is 3.22. The number of imidazole rings is 1. The molecular formula is C17H17BrN4OS2. The number of halogens is 1. The molecular weight excluding hydrogens is 420 g/mol. The van der Waals surface area contributed by atoms with E-state index in [-0.39, 0.29) is 5.91 Å². The van der Waals surface area contributed by atoms with Crippen LogP contribution < -0.4 is 0 Å². The van der Waals surface area contributed by atoms with Crippen LogP contribution in [0.3, 0.4) is 0 Å². The highest BCUT2D eigenvalue weighted by Crippen LogP contribution is 2.32. The van der Waals surface area contributed by atoms with Crippen LogP contribution in [0.5, 0.6) is 0 Å². The Bertz CT molecular complexity index is 850. The van der Waals surface area contributed by atoms with Crippen molar-refractivity contribution < 1.29 is 4.79 Å². The van der Waals surface area contributed by atoms with Crippen molar-refractivity contribution in [1.29, 1.82) is 0 Å². The van der Waals surface area contributed by atoms with Crippen LogP contribution in [0.2, 0.25) is 0 Å². The Hall–Kier alpha value is -1.51. The topological polar surface area (TPSA) is 51.0 Å². The van der Waals surface area contributed by atoms with Gasteiger partial charge in [0.2, 0.25) is 5.91 Å². The van der Waals surface area contributed by atoms with Crippen LogP contribution in [-0.2, 0) is 11.2 Å². The number of thiazole rings is 1. The first kappa shape index (κ1) is 16.9. The van der Waals surface area contributed by atoms with E-state index in [1.54, 1.807) is 22.7 Å². The lowest BCUT2D eigenvalue weighted by Crippen LogP contribution is -2.39. The maximum absolute atomic E-state index is 12.6. The van der Waals surface area contributed by atoms with Crippen molar-refractivity contribution in [3.63, 3.8) is 0 Å². The summed E-state index contributed by atoms with van der Waals surface area (Å²) in [5.74, 6) is 0.174. The van der Waals surface area contributed by atoms with Crippen LogP contribution in [0, 0.1) is 0 Å². The summed E-state index contributed by atoms with van der Waals surface area (Å²) in [6.07, 6.45) is 8.02. The SMILES string of the molecule is O=C(Cc1csc(-c2cc(Br)cs2)n1)N1CCC(n2ccnc2)CC1. The summed E-state index contributed by atoms with van der Waals surface area (Å²) in [7, 11) is 0. The van der Waals surface area contributed by atoms with E-state index < -0.39 is 0 Å². The van der Waals surface area contributed by atoms with Gasteiger partial charge in [0.25, 0.3) is 0 Å². The number of rotatable bonds is 4. The highest BCUT2D eigenvalue weighted by molar-refractivity contribution is 9.10. The van der Waals surface area contributed by atoms with E-state index in [1.807, 2.05) is 34.4 Å². The molecule has 1 fully saturated rings. The number of hydrogen-bond acceptors (Lipinski definition) is 5. The summed E-state index contributed by atoms with van der Waals surface area (Å²) in [6.45, 7) is 1.60. The summed E-state index contributed by atoms with van der Waals surface area (Å²) in [5.41, 5.74) is 0.867. The maximum atomic E-state index is 12.6. The van der Waals surface area contributed by atoms with Crippen LogP contribution in [-0.4, -0.2) is 38.4 Å². The summed E-state index contributed by atoms with van der Waals surface area (Å²) in [5, 5.41) is 5.03. The minimum absolute atomic E-state index is 0.174. The number of piperidine rings is 1. The van der Waals surface area contributed by atoms with Crippen LogP contribution >= 0.6 is 38.6 Å². The van der Waals surface area contributed by atoms with Crippen LogP contribution in [0.1, 0.15) is 24.6 Å². The second kappa shape index (κ2) is 7.39. The largest absolute Gasteiger partial charge is 0.342 e. The van der Waals surface area contributed by atoms with Crippen LogP contribution in [0.15, 0.2) is 40.0 Å². The van der Waals surface area contributed by atoms with Gasteiger partial charge in [-0.3, -0.25) is 4.79 Å². The van der Waals surface area contributed by atoms with Gasteiger partial charge < -0.3 is 9.47 Å². The Morgan fingerprint density at radius 2 is 2.12 bits per heavy atom. The molecule has 1 saturated heterocycles. The Balaban J connectivity index is 1.34. The standard InChI is InChI=1S/C17H17BrN4OS2/c18-12-7-15(24-9-12)17-20-13(10-25-17)8-16(23)21-4-1-14(2-5-21)22-6-3-19-11-22/h3,6-7,9-11,14H,1-2,4-5,8H2. The highest BCUT2D eigenvalue weighted by atomic mass is 79.9. The van der Waals surface area contributed by atoms with E-state index in [4.69, 9.17) is 0 Å². The molecule has 1 aliphatic heterocycles. The predicted molar refractivity (Wildman–Crippen MR) is 104 cm³/mol. The van der Waals surface area contributed by atoms with E-state index >= 15 is 0 Å². The fraction of sp³-hybridized carbons (Fsp3) is 0.353. The number of carbonyl (C=O) groups excluding carboxylic acids is 1. The van der Waals surface area contributed by atoms with E-state index in [9.17, 15) is 4.79 Å². The van der Waals surface area contributed by atoms with Gasteiger partial charge in [0.1, 0.15) is 5.01 Å². The number of aromatic nitrogens is 3. The van der Waals surface area contributed by atoms with Gasteiger partial charge in [-0.2, -0.15) is 0 Å². The summed E-state index contributed by atoms with van der Waals surface area (Å²) in [4.78, 5) is 24.4. The maximum Gasteiger partial charge on any atom is 0.228 e. The fourth-order valence-corrected chi connectivity index (χ4v) is 5.42. The number of carbonyl (C=O) groups is 1. The first-order chi connectivity index (χ1) is 12.2. The minimum Gasteiger partial charge on any atom is -0.342 e. The van der Waals surface area contributed by atoms with Crippen molar-refractivity contribution in [3.05, 3.63) is 45.7 Å². The van der Waals surface area contributed by atoms with E-state index in [0.29, 0.717) is 12.5 Å². The molecule has 1 aliphatic rings. The first-order valence-corrected chi connectivity index (χ1v) is 10.7. The highest BCUT2D eigenvalue weighted by Gasteiger charge is 2.24. The molecule has 0 unspecified atom stereocenters. The zero-order valence-electron chi connectivity index (χ0n) is 13.5. The van der Waals surface area contributed by atoms with Crippen molar-refractivity contribution in [3.8, 4) is 9.88 Å². The molecule has 0 bridgehead atoms. The van der Waals surface area contributed by atoms with E-state index in [0.717, 1.165) is 46.0 Å². The van der Waals surface area contributed by atoms with Gasteiger partial charge in [-0.05, 0) is 34.8 Å². The lowest BCUT2D eigenvalue weighted by Gasteiger charge is -2.32. The van der Waals surface area contributed by atoms with Crippen LogP contribution in [0.25, 0.3) is 9.88 Å². The molecule has 0 N–H and O–H groups in total. The van der Waals surface area contributed by atoms with E-state index in [2.05, 4.69) is 36.5 Å². The molecule has 3 aromatic heterocycles. The molecule has 3 aromatic rings. The third kappa shape index (κ3) is 3.86. The normalized spacial score (nSPS) is 15.6. The predicted octanol–water partition coefficient (Wildman–Crippen LogP) is 4.24. The van der Waals surface area contributed by atoms with Gasteiger partial charge >= 0.3 is 0 Å². The van der Waals surface area contributed by atoms with Crippen LogP contribution in [0.4, 0.5) is 0 Å². The number of amides is 1. The Morgan fingerprint density at radius 3 is 2.80 bits per heavy atom. The second-order valence-corrected chi connectivity index (χ2v) is 8.76. The molecule has 4 heterocycles. The minimum atomic E-state index is 0.174. The first-order valence-electron chi connectivity index (χ1n) is 8.13. The third-order valence-electron chi connectivity index (χ3n) is 4.43. The molecule has 8 heteroatoms.